The molecule has 0 bridgehead atoms. The number of carboxylic acid groups (broad SMARTS) is 1. The van der Waals surface area contributed by atoms with E-state index >= 15 is 0 Å². The summed E-state index contributed by atoms with van der Waals surface area (Å²) < 4.78 is 5.40. The number of phenols is 1. The summed E-state index contributed by atoms with van der Waals surface area (Å²) in [5, 5.41) is 18.7. The number of ether oxygens (including phenoxy) is 1. The van der Waals surface area contributed by atoms with Crippen LogP contribution < -0.4 is 10.5 Å². The molecule has 1 atom stereocenters. The number of benzene rings is 1. The average molecular weight is 290 g/mol. The zero-order valence-electron chi connectivity index (χ0n) is 8.82. The molecule has 0 saturated heterocycles. The summed E-state index contributed by atoms with van der Waals surface area (Å²) in [6, 6.07) is 0.292. The number of hydrogen-bond donors (Lipinski definition) is 3. The van der Waals surface area contributed by atoms with Gasteiger partial charge in [-0.15, -0.1) is 0 Å². The minimum absolute atomic E-state index is 0.115. The number of aliphatic carboxylic acids is 1. The second-order valence-electron chi connectivity index (χ2n) is 3.29. The Bertz CT molecular complexity index is 433. The normalized spacial score (nSPS) is 12.2. The van der Waals surface area contributed by atoms with E-state index in [2.05, 4.69) is 15.9 Å². The van der Waals surface area contributed by atoms with Gasteiger partial charge < -0.3 is 20.7 Å². The maximum atomic E-state index is 10.8. The first kappa shape index (κ1) is 12.8. The van der Waals surface area contributed by atoms with E-state index in [4.69, 9.17) is 15.6 Å². The predicted octanol–water partition coefficient (Wildman–Crippen LogP) is 1.56. The maximum Gasteiger partial charge on any atom is 0.325 e. The van der Waals surface area contributed by atoms with Gasteiger partial charge in [0, 0.05) is 10.0 Å². The standard InChI is InChI=1S/C10H12BrNO4/c1-4-3-5(16-2)9(13)6(7(4)11)8(12)10(14)15/h3,8,13H,12H2,1-2H3,(H,14,15). The van der Waals surface area contributed by atoms with E-state index in [0.29, 0.717) is 4.47 Å². The fourth-order valence-corrected chi connectivity index (χ4v) is 1.89. The van der Waals surface area contributed by atoms with Crippen molar-refractivity contribution in [2.75, 3.05) is 7.11 Å². The first-order valence-electron chi connectivity index (χ1n) is 4.44. The van der Waals surface area contributed by atoms with Crippen molar-refractivity contribution in [2.24, 2.45) is 5.73 Å². The van der Waals surface area contributed by atoms with Gasteiger partial charge in [0.25, 0.3) is 0 Å². The maximum absolute atomic E-state index is 10.8. The van der Waals surface area contributed by atoms with Crippen LogP contribution in [0.1, 0.15) is 17.2 Å². The Kier molecular flexibility index (Phi) is 3.77. The van der Waals surface area contributed by atoms with E-state index in [1.165, 1.54) is 7.11 Å². The van der Waals surface area contributed by atoms with Gasteiger partial charge >= 0.3 is 5.97 Å². The van der Waals surface area contributed by atoms with Crippen LogP contribution in [-0.2, 0) is 4.79 Å². The Hall–Kier alpha value is -1.27. The van der Waals surface area contributed by atoms with Crippen molar-refractivity contribution in [3.8, 4) is 11.5 Å². The van der Waals surface area contributed by atoms with Crippen LogP contribution in [0.15, 0.2) is 10.5 Å². The van der Waals surface area contributed by atoms with Crippen LogP contribution in [0, 0.1) is 6.92 Å². The molecule has 6 heteroatoms. The molecule has 0 fully saturated rings. The lowest BCUT2D eigenvalue weighted by atomic mass is 10.0. The van der Waals surface area contributed by atoms with Crippen molar-refractivity contribution in [3.05, 3.63) is 21.7 Å². The number of halogens is 1. The number of phenolic OH excluding ortho intramolecular Hbond substituents is 1. The second-order valence-corrected chi connectivity index (χ2v) is 4.08. The number of carbonyl (C=O) groups is 1. The molecule has 0 aromatic heterocycles. The monoisotopic (exact) mass is 289 g/mol. The fourth-order valence-electron chi connectivity index (χ4n) is 1.34. The predicted molar refractivity (Wildman–Crippen MR) is 61.7 cm³/mol. The Labute approximate surface area is 101 Å². The SMILES string of the molecule is COc1cc(C)c(Br)c(C(N)C(=O)O)c1O. The molecule has 1 aromatic rings. The van der Waals surface area contributed by atoms with Crippen molar-refractivity contribution in [3.63, 3.8) is 0 Å². The number of aromatic hydroxyl groups is 1. The topological polar surface area (TPSA) is 92.8 Å². The molecule has 1 rings (SSSR count). The van der Waals surface area contributed by atoms with Gasteiger partial charge in [0.2, 0.25) is 0 Å². The smallest absolute Gasteiger partial charge is 0.325 e. The van der Waals surface area contributed by atoms with Crippen molar-refractivity contribution in [1.29, 1.82) is 0 Å². The van der Waals surface area contributed by atoms with E-state index in [0.717, 1.165) is 5.56 Å². The number of rotatable bonds is 3. The zero-order valence-corrected chi connectivity index (χ0v) is 10.4. The van der Waals surface area contributed by atoms with Gasteiger partial charge in [-0.1, -0.05) is 15.9 Å². The molecule has 0 aliphatic heterocycles. The molecule has 5 nitrogen and oxygen atoms in total. The number of methoxy groups -OCH3 is 1. The number of hydrogen-bond acceptors (Lipinski definition) is 4. The second kappa shape index (κ2) is 4.71. The van der Waals surface area contributed by atoms with Gasteiger partial charge in [-0.05, 0) is 18.6 Å². The molecule has 0 radical (unpaired) electrons. The van der Waals surface area contributed by atoms with Crippen molar-refractivity contribution >= 4 is 21.9 Å². The van der Waals surface area contributed by atoms with Crippen LogP contribution in [0.25, 0.3) is 0 Å². The van der Waals surface area contributed by atoms with E-state index in [1.807, 2.05) is 0 Å². The van der Waals surface area contributed by atoms with Gasteiger partial charge in [0.05, 0.1) is 7.11 Å². The highest BCUT2D eigenvalue weighted by atomic mass is 79.9. The minimum atomic E-state index is -1.30. The molecule has 16 heavy (non-hydrogen) atoms. The van der Waals surface area contributed by atoms with Crippen LogP contribution in [-0.4, -0.2) is 23.3 Å². The molecule has 0 amide bonds. The summed E-state index contributed by atoms with van der Waals surface area (Å²) in [6.07, 6.45) is 0. The van der Waals surface area contributed by atoms with Gasteiger partial charge in [-0.3, -0.25) is 4.79 Å². The Morgan fingerprint density at radius 1 is 1.62 bits per heavy atom. The number of nitrogens with two attached hydrogens (primary N) is 1. The van der Waals surface area contributed by atoms with Crippen molar-refractivity contribution in [1.82, 2.24) is 0 Å². The fraction of sp³-hybridized carbons (Fsp3) is 0.300. The average Bonchev–Trinajstić information content (AvgIpc) is 2.23. The lowest BCUT2D eigenvalue weighted by Gasteiger charge is -2.16. The van der Waals surface area contributed by atoms with Crippen LogP contribution in [0.5, 0.6) is 11.5 Å². The Morgan fingerprint density at radius 2 is 2.19 bits per heavy atom. The molecule has 0 spiro atoms. The van der Waals surface area contributed by atoms with Crippen LogP contribution in [0.2, 0.25) is 0 Å². The van der Waals surface area contributed by atoms with Gasteiger partial charge in [0.15, 0.2) is 11.5 Å². The zero-order chi connectivity index (χ0) is 12.5. The third-order valence-corrected chi connectivity index (χ3v) is 3.27. The quantitative estimate of drug-likeness (QED) is 0.785. The van der Waals surface area contributed by atoms with E-state index < -0.39 is 12.0 Å². The lowest BCUT2D eigenvalue weighted by molar-refractivity contribution is -0.138. The summed E-state index contributed by atoms with van der Waals surface area (Å²) in [5.74, 6) is -1.27. The molecule has 1 aromatic carbocycles. The van der Waals surface area contributed by atoms with E-state index in [9.17, 15) is 9.90 Å². The van der Waals surface area contributed by atoms with Gasteiger partial charge in [-0.2, -0.15) is 0 Å². The minimum Gasteiger partial charge on any atom is -0.504 e. The van der Waals surface area contributed by atoms with Crippen molar-refractivity contribution < 1.29 is 19.7 Å². The summed E-state index contributed by atoms with van der Waals surface area (Å²) in [7, 11) is 1.39. The molecule has 0 saturated carbocycles. The lowest BCUT2D eigenvalue weighted by Crippen LogP contribution is -2.21. The summed E-state index contributed by atoms with van der Waals surface area (Å²) >= 11 is 3.20. The largest absolute Gasteiger partial charge is 0.504 e. The highest BCUT2D eigenvalue weighted by molar-refractivity contribution is 9.10. The van der Waals surface area contributed by atoms with Crippen LogP contribution >= 0.6 is 15.9 Å². The first-order chi connectivity index (χ1) is 7.40. The molecule has 4 N–H and O–H groups in total. The Balaban J connectivity index is 3.47. The summed E-state index contributed by atoms with van der Waals surface area (Å²) in [6.45, 7) is 1.75. The van der Waals surface area contributed by atoms with Crippen LogP contribution in [0.4, 0.5) is 0 Å². The Morgan fingerprint density at radius 3 is 2.62 bits per heavy atom. The number of carboxylic acids is 1. The summed E-state index contributed by atoms with van der Waals surface area (Å²) in [5.41, 5.74) is 6.34. The molecule has 88 valence electrons. The van der Waals surface area contributed by atoms with Gasteiger partial charge in [-0.25, -0.2) is 0 Å². The molecular formula is C10H12BrNO4. The third kappa shape index (κ3) is 2.12. The molecule has 1 unspecified atom stereocenters. The third-order valence-electron chi connectivity index (χ3n) is 2.22. The summed E-state index contributed by atoms with van der Waals surface area (Å²) in [4.78, 5) is 10.8. The highest BCUT2D eigenvalue weighted by Gasteiger charge is 2.25. The van der Waals surface area contributed by atoms with Crippen molar-refractivity contribution in [2.45, 2.75) is 13.0 Å². The highest BCUT2D eigenvalue weighted by Crippen LogP contribution is 2.40. The molecule has 0 aliphatic carbocycles. The molecule has 0 heterocycles. The molecule has 0 aliphatic rings. The van der Waals surface area contributed by atoms with E-state index in [1.54, 1.807) is 13.0 Å². The van der Waals surface area contributed by atoms with Crippen LogP contribution in [0.3, 0.4) is 0 Å². The van der Waals surface area contributed by atoms with E-state index in [-0.39, 0.29) is 17.1 Å². The number of aryl methyl sites for hydroxylation is 1. The first-order valence-corrected chi connectivity index (χ1v) is 5.23. The molecular weight excluding hydrogens is 278 g/mol. The van der Waals surface area contributed by atoms with Gasteiger partial charge in [0.1, 0.15) is 6.04 Å².